The molecule has 6 nitrogen and oxygen atoms in total. The molecule has 3 N–H and O–H groups in total. The Morgan fingerprint density at radius 2 is 1.95 bits per heavy atom. The molecule has 1 atom stereocenters. The van der Waals surface area contributed by atoms with Crippen LogP contribution in [0, 0.1) is 30.1 Å². The Balaban J connectivity index is 1.75. The van der Waals surface area contributed by atoms with Gasteiger partial charge in [-0.05, 0) is 48.6 Å². The van der Waals surface area contributed by atoms with E-state index in [2.05, 4.69) is 31.0 Å². The Morgan fingerprint density at radius 1 is 1.24 bits per heavy atom. The molecule has 0 spiro atoms. The summed E-state index contributed by atoms with van der Waals surface area (Å²) in [5.41, 5.74) is 4.59. The van der Waals surface area contributed by atoms with Crippen molar-refractivity contribution in [2.24, 2.45) is 5.92 Å². The molecule has 0 bridgehead atoms. The molecule has 0 unspecified atom stereocenters. The highest BCUT2D eigenvalue weighted by atomic mass is 19.3. The normalized spacial score (nSPS) is 15.6. The number of hydrogen-bond acceptors (Lipinski definition) is 5. The first-order chi connectivity index (χ1) is 18.0. The minimum absolute atomic E-state index is 0.0616. The van der Waals surface area contributed by atoms with Gasteiger partial charge in [0.2, 0.25) is 0 Å². The van der Waals surface area contributed by atoms with Crippen LogP contribution in [0.5, 0.6) is 5.75 Å². The number of carboxylic acids is 1. The number of rotatable bonds is 12. The second kappa shape index (κ2) is 12.9. The van der Waals surface area contributed by atoms with E-state index in [4.69, 9.17) is 15.3 Å². The summed E-state index contributed by atoms with van der Waals surface area (Å²) in [6.45, 7) is 9.05. The number of ether oxygens (including phenoxy) is 1. The molecule has 1 heterocycles. The van der Waals surface area contributed by atoms with E-state index in [-0.39, 0.29) is 38.4 Å². The predicted molar refractivity (Wildman–Crippen MR) is 147 cm³/mol. The molecule has 3 rings (SSSR count). The molecule has 1 saturated heterocycles. The van der Waals surface area contributed by atoms with Gasteiger partial charge in [0, 0.05) is 37.3 Å². The van der Waals surface area contributed by atoms with Crippen LogP contribution in [0.4, 0.5) is 14.5 Å². The highest BCUT2D eigenvalue weighted by Crippen LogP contribution is 2.30. The summed E-state index contributed by atoms with van der Waals surface area (Å²) < 4.78 is 33.3. The Morgan fingerprint density at radius 3 is 2.53 bits per heavy atom. The number of halogens is 2. The van der Waals surface area contributed by atoms with Crippen molar-refractivity contribution in [3.63, 3.8) is 0 Å². The van der Waals surface area contributed by atoms with Crippen LogP contribution in [-0.4, -0.2) is 53.8 Å². The molecule has 204 valence electrons. The molecule has 38 heavy (non-hydrogen) atoms. The Bertz CT molecular complexity index is 1200. The number of carboxylic acid groups (broad SMARTS) is 1. The van der Waals surface area contributed by atoms with E-state index in [0.29, 0.717) is 36.1 Å². The van der Waals surface area contributed by atoms with Crippen LogP contribution in [-0.2, 0) is 11.4 Å². The summed E-state index contributed by atoms with van der Waals surface area (Å²) in [7, 11) is 0. The van der Waals surface area contributed by atoms with Gasteiger partial charge in [0.15, 0.2) is 0 Å². The van der Waals surface area contributed by atoms with E-state index in [9.17, 15) is 13.6 Å². The van der Waals surface area contributed by atoms with Crippen molar-refractivity contribution in [1.82, 2.24) is 4.90 Å². The van der Waals surface area contributed by atoms with Gasteiger partial charge in [-0.15, -0.1) is 5.92 Å². The SMILES string of the molecule is CC#C[C@@H](CC(=O)O)c1ccc(OCc2ccc(C(=N)CN3CCC(F)(F)C3)c(NCC(C)C)c2C)cc1. The highest BCUT2D eigenvalue weighted by molar-refractivity contribution is 6.05. The first-order valence-electron chi connectivity index (χ1n) is 12.9. The predicted octanol–water partition coefficient (Wildman–Crippen LogP) is 5.93. The maximum Gasteiger partial charge on any atom is 0.304 e. The zero-order chi connectivity index (χ0) is 27.9. The van der Waals surface area contributed by atoms with E-state index in [1.165, 1.54) is 0 Å². The van der Waals surface area contributed by atoms with Gasteiger partial charge in [-0.2, -0.15) is 0 Å². The molecule has 1 fully saturated rings. The summed E-state index contributed by atoms with van der Waals surface area (Å²) in [6.07, 6.45) is -0.227. The average molecular weight is 526 g/mol. The number of hydrogen-bond donors (Lipinski definition) is 3. The topological polar surface area (TPSA) is 85.6 Å². The molecule has 2 aromatic carbocycles. The molecule has 2 aromatic rings. The first kappa shape index (κ1) is 29.1. The number of aliphatic carboxylic acids is 1. The van der Waals surface area contributed by atoms with Gasteiger partial charge in [0.25, 0.3) is 5.92 Å². The van der Waals surface area contributed by atoms with Crippen LogP contribution in [0.15, 0.2) is 36.4 Å². The second-order valence-corrected chi connectivity index (χ2v) is 10.2. The van der Waals surface area contributed by atoms with Crippen molar-refractivity contribution in [2.75, 3.05) is 31.5 Å². The third-order valence-corrected chi connectivity index (χ3v) is 6.59. The maximum atomic E-state index is 13.7. The van der Waals surface area contributed by atoms with Crippen LogP contribution in [0.25, 0.3) is 0 Å². The van der Waals surface area contributed by atoms with Crippen LogP contribution in [0.3, 0.4) is 0 Å². The number of nitrogens with one attached hydrogen (secondary N) is 2. The largest absolute Gasteiger partial charge is 0.489 e. The molecule has 1 aliphatic rings. The Kier molecular flexibility index (Phi) is 9.87. The van der Waals surface area contributed by atoms with Crippen LogP contribution in [0.2, 0.25) is 0 Å². The number of benzene rings is 2. The first-order valence-corrected chi connectivity index (χ1v) is 12.9. The van der Waals surface area contributed by atoms with Gasteiger partial charge in [-0.3, -0.25) is 9.69 Å². The Labute approximate surface area is 223 Å². The number of carbonyl (C=O) groups is 1. The molecule has 0 aliphatic carbocycles. The van der Waals surface area contributed by atoms with Gasteiger partial charge < -0.3 is 20.6 Å². The van der Waals surface area contributed by atoms with Gasteiger partial charge in [-0.25, -0.2) is 8.78 Å². The zero-order valence-electron chi connectivity index (χ0n) is 22.5. The standard InChI is InChI=1S/C30H37F2N3O3/c1-5-6-23(15-28(36)37)22-7-10-25(11-8-22)38-18-24-9-12-26(29(21(24)4)34-16-20(2)3)27(33)17-35-14-13-30(31,32)19-35/h7-12,20,23,33-34H,13-19H2,1-4H3,(H,36,37)/t23-/m0/s1. The van der Waals surface area contributed by atoms with Crippen molar-refractivity contribution >= 4 is 17.4 Å². The summed E-state index contributed by atoms with van der Waals surface area (Å²) >= 11 is 0. The summed E-state index contributed by atoms with van der Waals surface area (Å²) in [5.74, 6) is 2.81. The molecular weight excluding hydrogens is 488 g/mol. The smallest absolute Gasteiger partial charge is 0.304 e. The van der Waals surface area contributed by atoms with Gasteiger partial charge in [0.1, 0.15) is 12.4 Å². The minimum Gasteiger partial charge on any atom is -0.489 e. The molecule has 1 aliphatic heterocycles. The highest BCUT2D eigenvalue weighted by Gasteiger charge is 2.38. The molecular formula is C30H37F2N3O3. The van der Waals surface area contributed by atoms with Gasteiger partial charge in [0.05, 0.1) is 24.6 Å². The molecule has 0 saturated carbocycles. The molecule has 8 heteroatoms. The lowest BCUT2D eigenvalue weighted by molar-refractivity contribution is -0.137. The third-order valence-electron chi connectivity index (χ3n) is 6.59. The third kappa shape index (κ3) is 8.03. The van der Waals surface area contributed by atoms with Crippen molar-refractivity contribution in [2.45, 2.75) is 59.0 Å². The fraction of sp³-hybridized carbons (Fsp3) is 0.467. The lowest BCUT2D eigenvalue weighted by atomic mass is 9.96. The Hall–Kier alpha value is -3.44. The molecule has 0 aromatic heterocycles. The maximum absolute atomic E-state index is 13.7. The fourth-order valence-corrected chi connectivity index (χ4v) is 4.51. The minimum atomic E-state index is -2.69. The lowest BCUT2D eigenvalue weighted by Crippen LogP contribution is -2.31. The van der Waals surface area contributed by atoms with Crippen molar-refractivity contribution < 1.29 is 23.4 Å². The van der Waals surface area contributed by atoms with Crippen molar-refractivity contribution in [3.8, 4) is 17.6 Å². The lowest BCUT2D eigenvalue weighted by Gasteiger charge is -2.22. The summed E-state index contributed by atoms with van der Waals surface area (Å²) in [5, 5.41) is 21.3. The number of likely N-dealkylation sites (tertiary alicyclic amines) is 1. The summed E-state index contributed by atoms with van der Waals surface area (Å²) in [6, 6.07) is 11.1. The van der Waals surface area contributed by atoms with Crippen LogP contribution in [0.1, 0.15) is 61.8 Å². The van der Waals surface area contributed by atoms with Gasteiger partial charge >= 0.3 is 5.97 Å². The monoisotopic (exact) mass is 525 g/mol. The van der Waals surface area contributed by atoms with Crippen LogP contribution >= 0.6 is 0 Å². The molecule has 0 radical (unpaired) electrons. The van der Waals surface area contributed by atoms with E-state index >= 15 is 0 Å². The van der Waals surface area contributed by atoms with E-state index in [1.807, 2.05) is 43.3 Å². The van der Waals surface area contributed by atoms with Crippen molar-refractivity contribution in [3.05, 3.63) is 58.7 Å². The van der Waals surface area contributed by atoms with Crippen LogP contribution < -0.4 is 10.1 Å². The van der Waals surface area contributed by atoms with E-state index in [1.54, 1.807) is 11.8 Å². The van der Waals surface area contributed by atoms with Gasteiger partial charge in [-0.1, -0.05) is 44.0 Å². The zero-order valence-corrected chi connectivity index (χ0v) is 22.5. The number of nitrogens with zero attached hydrogens (tertiary/aromatic N) is 1. The van der Waals surface area contributed by atoms with E-state index < -0.39 is 11.9 Å². The fourth-order valence-electron chi connectivity index (χ4n) is 4.51. The molecule has 0 amide bonds. The second-order valence-electron chi connectivity index (χ2n) is 10.2. The number of alkyl halides is 2. The van der Waals surface area contributed by atoms with Crippen molar-refractivity contribution in [1.29, 1.82) is 5.41 Å². The summed E-state index contributed by atoms with van der Waals surface area (Å²) in [4.78, 5) is 12.8. The number of anilines is 1. The average Bonchev–Trinajstić information content (AvgIpc) is 3.19. The quantitative estimate of drug-likeness (QED) is 0.236. The van der Waals surface area contributed by atoms with E-state index in [0.717, 1.165) is 22.4 Å².